The highest BCUT2D eigenvalue weighted by molar-refractivity contribution is 4.65. The van der Waals surface area contributed by atoms with Crippen molar-refractivity contribution in [3.8, 4) is 0 Å². The Morgan fingerprint density at radius 2 is 1.11 bits per heavy atom. The molecule has 2 unspecified atom stereocenters. The Balaban J connectivity index is 3.11. The van der Waals surface area contributed by atoms with E-state index in [4.69, 9.17) is 10.2 Å². The summed E-state index contributed by atoms with van der Waals surface area (Å²) in [6, 6.07) is 0. The van der Waals surface area contributed by atoms with Crippen molar-refractivity contribution in [3.63, 3.8) is 0 Å². The van der Waals surface area contributed by atoms with Crippen LogP contribution in [0.2, 0.25) is 0 Å². The van der Waals surface area contributed by atoms with Gasteiger partial charge in [-0.05, 0) is 6.42 Å². The van der Waals surface area contributed by atoms with Gasteiger partial charge in [0.1, 0.15) is 6.10 Å². The molecule has 0 amide bonds. The molecule has 0 aromatic rings. The van der Waals surface area contributed by atoms with Crippen molar-refractivity contribution in [3.05, 3.63) is 0 Å². The lowest BCUT2D eigenvalue weighted by Crippen LogP contribution is -2.28. The van der Waals surface area contributed by atoms with Gasteiger partial charge in [0.25, 0.3) is 0 Å². The minimum atomic E-state index is -0.969. The second-order valence-electron chi connectivity index (χ2n) is 5.29. The molecule has 0 saturated carbocycles. The molecule has 0 fully saturated rings. The van der Waals surface area contributed by atoms with Gasteiger partial charge >= 0.3 is 0 Å². The van der Waals surface area contributed by atoms with Gasteiger partial charge in [-0.2, -0.15) is 0 Å². The van der Waals surface area contributed by atoms with E-state index >= 15 is 0 Å². The molecule has 0 aliphatic rings. The Labute approximate surface area is 112 Å². The van der Waals surface area contributed by atoms with Crippen LogP contribution in [0.15, 0.2) is 0 Å². The molecule has 0 aromatic heterocycles. The number of unbranched alkanes of at least 4 members (excludes halogenated alkanes) is 9. The van der Waals surface area contributed by atoms with Gasteiger partial charge in [-0.25, -0.2) is 0 Å². The first-order chi connectivity index (χ1) is 8.72. The number of hydrogen-bond acceptors (Lipinski definition) is 3. The van der Waals surface area contributed by atoms with E-state index in [9.17, 15) is 5.11 Å². The van der Waals surface area contributed by atoms with Gasteiger partial charge in [-0.1, -0.05) is 71.1 Å². The van der Waals surface area contributed by atoms with E-state index in [0.29, 0.717) is 6.42 Å². The summed E-state index contributed by atoms with van der Waals surface area (Å²) >= 11 is 0. The Morgan fingerprint density at radius 3 is 1.56 bits per heavy atom. The second kappa shape index (κ2) is 13.3. The normalized spacial score (nSPS) is 14.7. The summed E-state index contributed by atoms with van der Waals surface area (Å²) in [6.45, 7) is 1.89. The fourth-order valence-corrected chi connectivity index (χ4v) is 2.15. The monoisotopic (exact) mass is 260 g/mol. The molecule has 0 spiro atoms. The molecule has 0 aromatic carbocycles. The van der Waals surface area contributed by atoms with Crippen molar-refractivity contribution in [2.24, 2.45) is 0 Å². The minimum Gasteiger partial charge on any atom is -0.394 e. The van der Waals surface area contributed by atoms with Gasteiger partial charge in [0.2, 0.25) is 0 Å². The lowest BCUT2D eigenvalue weighted by molar-refractivity contribution is -0.0185. The molecule has 18 heavy (non-hydrogen) atoms. The Morgan fingerprint density at radius 1 is 0.667 bits per heavy atom. The Hall–Kier alpha value is -0.120. The van der Waals surface area contributed by atoms with Crippen molar-refractivity contribution in [2.45, 2.75) is 89.8 Å². The highest BCUT2D eigenvalue weighted by atomic mass is 16.4. The zero-order chi connectivity index (χ0) is 13.6. The van der Waals surface area contributed by atoms with E-state index < -0.39 is 12.2 Å². The number of aliphatic hydroxyl groups excluding tert-OH is 3. The molecular weight excluding hydrogens is 228 g/mol. The average Bonchev–Trinajstić information content (AvgIpc) is 2.39. The fourth-order valence-electron chi connectivity index (χ4n) is 2.15. The van der Waals surface area contributed by atoms with Crippen LogP contribution in [0.25, 0.3) is 0 Å². The molecule has 0 rings (SSSR count). The number of rotatable bonds is 13. The lowest BCUT2D eigenvalue weighted by Gasteiger charge is -2.14. The van der Waals surface area contributed by atoms with Crippen molar-refractivity contribution >= 4 is 0 Å². The third kappa shape index (κ3) is 11.0. The molecule has 0 heterocycles. The maximum Gasteiger partial charge on any atom is 0.103 e. The largest absolute Gasteiger partial charge is 0.394 e. The minimum absolute atomic E-state index is 0.348. The van der Waals surface area contributed by atoms with E-state index in [2.05, 4.69) is 6.92 Å². The highest BCUT2D eigenvalue weighted by Crippen LogP contribution is 2.12. The summed E-state index contributed by atoms with van der Waals surface area (Å²) in [6.07, 6.45) is 11.5. The first-order valence-corrected chi connectivity index (χ1v) is 7.69. The molecule has 3 N–H and O–H groups in total. The van der Waals surface area contributed by atoms with Crippen molar-refractivity contribution in [2.75, 3.05) is 6.61 Å². The second-order valence-corrected chi connectivity index (χ2v) is 5.29. The van der Waals surface area contributed by atoms with E-state index in [1.165, 1.54) is 51.4 Å². The standard InChI is InChI=1S/C15H32O3/c1-2-3-4-5-6-7-8-9-10-11-12-14(17)15(18)13-16/h14-18H,2-13H2,1H3. The quantitative estimate of drug-likeness (QED) is 0.446. The van der Waals surface area contributed by atoms with Crippen LogP contribution in [0.4, 0.5) is 0 Å². The molecule has 0 aliphatic heterocycles. The average molecular weight is 260 g/mol. The maximum absolute atomic E-state index is 9.43. The Kier molecular flexibility index (Phi) is 13.2. The van der Waals surface area contributed by atoms with Gasteiger partial charge in [0.15, 0.2) is 0 Å². The third-order valence-corrected chi connectivity index (χ3v) is 3.48. The maximum atomic E-state index is 9.43. The predicted molar refractivity (Wildman–Crippen MR) is 75.6 cm³/mol. The van der Waals surface area contributed by atoms with Crippen LogP contribution in [0.1, 0.15) is 77.6 Å². The van der Waals surface area contributed by atoms with Crippen LogP contribution in [-0.4, -0.2) is 34.1 Å². The molecule has 2 atom stereocenters. The third-order valence-electron chi connectivity index (χ3n) is 3.48. The number of aliphatic hydroxyl groups is 3. The van der Waals surface area contributed by atoms with Gasteiger partial charge in [0.05, 0.1) is 12.7 Å². The molecule has 0 radical (unpaired) electrons. The molecule has 0 bridgehead atoms. The summed E-state index contributed by atoms with van der Waals surface area (Å²) < 4.78 is 0. The van der Waals surface area contributed by atoms with Crippen LogP contribution >= 0.6 is 0 Å². The summed E-state index contributed by atoms with van der Waals surface area (Å²) in [5.41, 5.74) is 0. The summed E-state index contributed by atoms with van der Waals surface area (Å²) in [5, 5.41) is 27.3. The molecule has 0 saturated heterocycles. The summed E-state index contributed by atoms with van der Waals surface area (Å²) in [7, 11) is 0. The molecule has 110 valence electrons. The highest BCUT2D eigenvalue weighted by Gasteiger charge is 2.13. The van der Waals surface area contributed by atoms with E-state index in [1.54, 1.807) is 0 Å². The van der Waals surface area contributed by atoms with E-state index in [-0.39, 0.29) is 6.61 Å². The predicted octanol–water partition coefficient (Wildman–Crippen LogP) is 3.01. The summed E-state index contributed by atoms with van der Waals surface area (Å²) in [4.78, 5) is 0. The first-order valence-electron chi connectivity index (χ1n) is 7.69. The van der Waals surface area contributed by atoms with Gasteiger partial charge in [-0.3, -0.25) is 0 Å². The van der Waals surface area contributed by atoms with Crippen LogP contribution < -0.4 is 0 Å². The zero-order valence-electron chi connectivity index (χ0n) is 12.0. The van der Waals surface area contributed by atoms with Crippen molar-refractivity contribution in [1.82, 2.24) is 0 Å². The SMILES string of the molecule is CCCCCCCCCCCCC(O)C(O)CO. The van der Waals surface area contributed by atoms with Crippen LogP contribution in [0.3, 0.4) is 0 Å². The van der Waals surface area contributed by atoms with Gasteiger partial charge < -0.3 is 15.3 Å². The van der Waals surface area contributed by atoms with Crippen LogP contribution in [-0.2, 0) is 0 Å². The smallest absolute Gasteiger partial charge is 0.103 e. The molecule has 3 nitrogen and oxygen atoms in total. The number of hydrogen-bond donors (Lipinski definition) is 3. The van der Waals surface area contributed by atoms with Crippen LogP contribution in [0, 0.1) is 0 Å². The molecule has 3 heteroatoms. The lowest BCUT2D eigenvalue weighted by atomic mass is 10.0. The van der Waals surface area contributed by atoms with Gasteiger partial charge in [0, 0.05) is 0 Å². The molecular formula is C15H32O3. The summed E-state index contributed by atoms with van der Waals surface area (Å²) in [5.74, 6) is 0. The molecule has 0 aliphatic carbocycles. The first kappa shape index (κ1) is 17.9. The zero-order valence-corrected chi connectivity index (χ0v) is 12.0. The Bertz CT molecular complexity index is 162. The topological polar surface area (TPSA) is 60.7 Å². The van der Waals surface area contributed by atoms with Crippen LogP contribution in [0.5, 0.6) is 0 Å². The fraction of sp³-hybridized carbons (Fsp3) is 1.00. The van der Waals surface area contributed by atoms with Gasteiger partial charge in [-0.15, -0.1) is 0 Å². The van der Waals surface area contributed by atoms with Crippen molar-refractivity contribution < 1.29 is 15.3 Å². The van der Waals surface area contributed by atoms with E-state index in [0.717, 1.165) is 12.8 Å². The van der Waals surface area contributed by atoms with Crippen molar-refractivity contribution in [1.29, 1.82) is 0 Å². The van der Waals surface area contributed by atoms with E-state index in [1.807, 2.05) is 0 Å².